The summed E-state index contributed by atoms with van der Waals surface area (Å²) in [5.41, 5.74) is 1.77. The van der Waals surface area contributed by atoms with Crippen LogP contribution in [-0.2, 0) is 0 Å². The third kappa shape index (κ3) is 2.73. The van der Waals surface area contributed by atoms with Crippen LogP contribution in [0.1, 0.15) is 36.5 Å². The lowest BCUT2D eigenvalue weighted by molar-refractivity contribution is 0.0793. The second kappa shape index (κ2) is 5.71. The van der Waals surface area contributed by atoms with Crippen LogP contribution in [0.4, 0.5) is 0 Å². The Bertz CT molecular complexity index is 530. The first-order valence-electron chi connectivity index (χ1n) is 6.55. The number of nitrogens with zero attached hydrogens (tertiary/aromatic N) is 1. The topological polar surface area (TPSA) is 36.1 Å². The van der Waals surface area contributed by atoms with E-state index < -0.39 is 0 Å². The molecule has 3 heteroatoms. The zero-order valence-corrected chi connectivity index (χ0v) is 11.1. The summed E-state index contributed by atoms with van der Waals surface area (Å²) in [5.74, 6) is 0.0996. The summed E-state index contributed by atoms with van der Waals surface area (Å²) in [6.45, 7) is 3.00. The normalized spacial score (nSPS) is 10.8. The Morgan fingerprint density at radius 1 is 1.28 bits per heavy atom. The zero-order valence-electron chi connectivity index (χ0n) is 11.1. The van der Waals surface area contributed by atoms with Crippen LogP contribution in [0.2, 0.25) is 0 Å². The lowest BCUT2D eigenvalue weighted by atomic mass is 10.1. The van der Waals surface area contributed by atoms with Gasteiger partial charge in [0.05, 0.1) is 0 Å². The summed E-state index contributed by atoms with van der Waals surface area (Å²) < 4.78 is 0. The number of benzene rings is 1. The smallest absolute Gasteiger partial charge is 0.253 e. The molecule has 1 heterocycles. The van der Waals surface area contributed by atoms with Gasteiger partial charge in [-0.3, -0.25) is 4.79 Å². The molecule has 0 atom stereocenters. The van der Waals surface area contributed by atoms with Crippen LogP contribution >= 0.6 is 0 Å². The number of aromatic nitrogens is 1. The van der Waals surface area contributed by atoms with Crippen molar-refractivity contribution in [3.8, 4) is 0 Å². The van der Waals surface area contributed by atoms with Crippen molar-refractivity contribution >= 4 is 16.8 Å². The van der Waals surface area contributed by atoms with Gasteiger partial charge in [-0.1, -0.05) is 25.8 Å². The van der Waals surface area contributed by atoms with Gasteiger partial charge < -0.3 is 9.88 Å². The molecule has 0 aliphatic carbocycles. The van der Waals surface area contributed by atoms with Crippen LogP contribution < -0.4 is 0 Å². The van der Waals surface area contributed by atoms with E-state index in [4.69, 9.17) is 0 Å². The quantitative estimate of drug-likeness (QED) is 0.804. The number of fused-ring (bicyclic) bond motifs is 1. The number of nitrogens with one attached hydrogen (secondary N) is 1. The first-order chi connectivity index (χ1) is 8.72. The molecule has 0 bridgehead atoms. The molecule has 1 N–H and O–H groups in total. The van der Waals surface area contributed by atoms with E-state index >= 15 is 0 Å². The number of rotatable bonds is 5. The maximum Gasteiger partial charge on any atom is 0.253 e. The van der Waals surface area contributed by atoms with Crippen LogP contribution in [0.15, 0.2) is 30.5 Å². The van der Waals surface area contributed by atoms with Crippen molar-refractivity contribution in [2.24, 2.45) is 0 Å². The van der Waals surface area contributed by atoms with E-state index in [2.05, 4.69) is 11.9 Å². The average molecular weight is 244 g/mol. The van der Waals surface area contributed by atoms with E-state index in [1.54, 1.807) is 4.90 Å². The fourth-order valence-corrected chi connectivity index (χ4v) is 2.10. The van der Waals surface area contributed by atoms with Gasteiger partial charge in [-0.2, -0.15) is 0 Å². The predicted molar refractivity (Wildman–Crippen MR) is 74.8 cm³/mol. The van der Waals surface area contributed by atoms with Crippen LogP contribution in [0.3, 0.4) is 0 Å². The third-order valence-corrected chi connectivity index (χ3v) is 3.25. The van der Waals surface area contributed by atoms with E-state index in [0.29, 0.717) is 0 Å². The van der Waals surface area contributed by atoms with Crippen molar-refractivity contribution in [2.45, 2.75) is 26.2 Å². The second-order valence-corrected chi connectivity index (χ2v) is 4.71. The Labute approximate surface area is 108 Å². The van der Waals surface area contributed by atoms with Gasteiger partial charge in [0.15, 0.2) is 0 Å². The van der Waals surface area contributed by atoms with Gasteiger partial charge in [0, 0.05) is 30.9 Å². The molecule has 2 rings (SSSR count). The highest BCUT2D eigenvalue weighted by Crippen LogP contribution is 2.15. The van der Waals surface area contributed by atoms with E-state index in [0.717, 1.165) is 29.4 Å². The molecule has 18 heavy (non-hydrogen) atoms. The number of hydrogen-bond donors (Lipinski definition) is 1. The molecule has 0 aliphatic rings. The molecule has 96 valence electrons. The summed E-state index contributed by atoms with van der Waals surface area (Å²) >= 11 is 0. The summed E-state index contributed by atoms with van der Waals surface area (Å²) in [6.07, 6.45) is 5.32. The molecule has 3 nitrogen and oxygen atoms in total. The fourth-order valence-electron chi connectivity index (χ4n) is 2.10. The van der Waals surface area contributed by atoms with Gasteiger partial charge >= 0.3 is 0 Å². The highest BCUT2D eigenvalue weighted by atomic mass is 16.2. The molecule has 0 saturated carbocycles. The minimum Gasteiger partial charge on any atom is -0.361 e. The van der Waals surface area contributed by atoms with Crippen LogP contribution in [0.25, 0.3) is 10.9 Å². The van der Waals surface area contributed by atoms with Crippen molar-refractivity contribution in [3.63, 3.8) is 0 Å². The van der Waals surface area contributed by atoms with Crippen molar-refractivity contribution in [1.82, 2.24) is 9.88 Å². The summed E-state index contributed by atoms with van der Waals surface area (Å²) in [4.78, 5) is 17.2. The molecule has 0 saturated heterocycles. The molecule has 1 aromatic heterocycles. The molecule has 0 aliphatic heterocycles. The number of carbonyl (C=O) groups excluding carboxylic acids is 1. The maximum atomic E-state index is 12.2. The van der Waals surface area contributed by atoms with Crippen LogP contribution in [-0.4, -0.2) is 29.4 Å². The number of aromatic amines is 1. The Balaban J connectivity index is 2.07. The predicted octanol–water partition coefficient (Wildman–Crippen LogP) is 3.43. The highest BCUT2D eigenvalue weighted by molar-refractivity contribution is 5.97. The summed E-state index contributed by atoms with van der Waals surface area (Å²) in [6, 6.07) is 7.82. The number of amides is 1. The maximum absolute atomic E-state index is 12.2. The number of H-pyrrole nitrogens is 1. The molecule has 0 fully saturated rings. The largest absolute Gasteiger partial charge is 0.361 e. The Hall–Kier alpha value is -1.77. The standard InChI is InChI=1S/C15H20N2O/c1-3-4-5-10-17(2)15(18)13-7-6-12-8-9-16-14(12)11-13/h6-9,11,16H,3-5,10H2,1-2H3. The van der Waals surface area contributed by atoms with Gasteiger partial charge in [-0.15, -0.1) is 0 Å². The second-order valence-electron chi connectivity index (χ2n) is 4.71. The first-order valence-corrected chi connectivity index (χ1v) is 6.55. The number of carbonyl (C=O) groups is 1. The van der Waals surface area contributed by atoms with Crippen LogP contribution in [0, 0.1) is 0 Å². The van der Waals surface area contributed by atoms with Gasteiger partial charge in [0.25, 0.3) is 5.91 Å². The third-order valence-electron chi connectivity index (χ3n) is 3.25. The first kappa shape index (κ1) is 12.7. The molecule has 0 unspecified atom stereocenters. The van der Waals surface area contributed by atoms with E-state index in [9.17, 15) is 4.79 Å². The molecule has 1 aromatic carbocycles. The Morgan fingerprint density at radius 3 is 2.89 bits per heavy atom. The fraction of sp³-hybridized carbons (Fsp3) is 0.400. The van der Waals surface area contributed by atoms with Gasteiger partial charge in [0.1, 0.15) is 0 Å². The van der Waals surface area contributed by atoms with Gasteiger partial charge in [0.2, 0.25) is 0 Å². The Kier molecular flexibility index (Phi) is 4.03. The molecule has 2 aromatic rings. The van der Waals surface area contributed by atoms with Crippen molar-refractivity contribution < 1.29 is 4.79 Å². The Morgan fingerprint density at radius 2 is 2.11 bits per heavy atom. The number of hydrogen-bond acceptors (Lipinski definition) is 1. The minimum absolute atomic E-state index is 0.0996. The van der Waals surface area contributed by atoms with Crippen molar-refractivity contribution in [3.05, 3.63) is 36.0 Å². The SMILES string of the molecule is CCCCCN(C)C(=O)c1ccc2cc[nH]c2c1. The monoisotopic (exact) mass is 244 g/mol. The lowest BCUT2D eigenvalue weighted by Gasteiger charge is -2.17. The molecule has 1 amide bonds. The summed E-state index contributed by atoms with van der Waals surface area (Å²) in [7, 11) is 1.87. The molecular weight excluding hydrogens is 224 g/mol. The van der Waals surface area contributed by atoms with Crippen LogP contribution in [0.5, 0.6) is 0 Å². The highest BCUT2D eigenvalue weighted by Gasteiger charge is 2.11. The van der Waals surface area contributed by atoms with Gasteiger partial charge in [-0.25, -0.2) is 0 Å². The van der Waals surface area contributed by atoms with Crippen molar-refractivity contribution in [1.29, 1.82) is 0 Å². The van der Waals surface area contributed by atoms with Gasteiger partial charge in [-0.05, 0) is 30.0 Å². The number of unbranched alkanes of at least 4 members (excludes halogenated alkanes) is 2. The average Bonchev–Trinajstić information content (AvgIpc) is 2.85. The van der Waals surface area contributed by atoms with E-state index in [1.165, 1.54) is 12.8 Å². The zero-order chi connectivity index (χ0) is 13.0. The minimum atomic E-state index is 0.0996. The molecule has 0 radical (unpaired) electrons. The van der Waals surface area contributed by atoms with E-state index in [1.807, 2.05) is 37.5 Å². The van der Waals surface area contributed by atoms with E-state index in [-0.39, 0.29) is 5.91 Å². The lowest BCUT2D eigenvalue weighted by Crippen LogP contribution is -2.27. The summed E-state index contributed by atoms with van der Waals surface area (Å²) in [5, 5.41) is 1.14. The molecular formula is C15H20N2O. The van der Waals surface area contributed by atoms with Crippen molar-refractivity contribution in [2.75, 3.05) is 13.6 Å². The molecule has 0 spiro atoms.